The third-order valence-corrected chi connectivity index (χ3v) is 4.52. The Labute approximate surface area is 138 Å². The van der Waals surface area contributed by atoms with Crippen LogP contribution < -0.4 is 14.8 Å². The number of piperidine rings is 1. The van der Waals surface area contributed by atoms with E-state index in [9.17, 15) is 0 Å². The Kier molecular flexibility index (Phi) is 5.26. The fourth-order valence-electron chi connectivity index (χ4n) is 3.03. The summed E-state index contributed by atoms with van der Waals surface area (Å²) in [5.74, 6) is 3.58. The number of fused-ring (bicyclic) bond motifs is 1. The Hall–Kier alpha value is -1.91. The lowest BCUT2D eigenvalue weighted by atomic mass is 10.00. The fraction of sp³-hybridized carbons (Fsp3) is 0.611. The summed E-state index contributed by atoms with van der Waals surface area (Å²) < 4.78 is 10.8. The monoisotopic (exact) mass is 317 g/mol. The van der Waals surface area contributed by atoms with Gasteiger partial charge in [-0.15, -0.1) is 0 Å². The maximum Gasteiger partial charge on any atom is 0.231 e. The topological polar surface area (TPSA) is 46.1 Å². The van der Waals surface area contributed by atoms with Crippen molar-refractivity contribution in [2.45, 2.75) is 33.1 Å². The van der Waals surface area contributed by atoms with E-state index in [0.29, 0.717) is 6.79 Å². The van der Waals surface area contributed by atoms with Crippen molar-refractivity contribution in [2.75, 3.05) is 33.0 Å². The highest BCUT2D eigenvalue weighted by atomic mass is 16.7. The Morgan fingerprint density at radius 2 is 2.04 bits per heavy atom. The van der Waals surface area contributed by atoms with E-state index in [1.54, 1.807) is 0 Å². The smallest absolute Gasteiger partial charge is 0.231 e. The molecule has 1 saturated heterocycles. The van der Waals surface area contributed by atoms with Crippen LogP contribution in [0.25, 0.3) is 0 Å². The maximum atomic E-state index is 5.43. The number of rotatable bonds is 4. The van der Waals surface area contributed by atoms with Gasteiger partial charge in [0.15, 0.2) is 17.5 Å². The van der Waals surface area contributed by atoms with Gasteiger partial charge in [-0.3, -0.25) is 4.99 Å². The molecule has 1 N–H and O–H groups in total. The van der Waals surface area contributed by atoms with Crippen LogP contribution in [0, 0.1) is 5.92 Å². The lowest BCUT2D eigenvalue weighted by Crippen LogP contribution is -2.45. The predicted molar refractivity (Wildman–Crippen MR) is 92.2 cm³/mol. The molecule has 0 bridgehead atoms. The minimum atomic E-state index is 0.328. The molecule has 0 radical (unpaired) electrons. The molecule has 2 aliphatic rings. The van der Waals surface area contributed by atoms with Crippen LogP contribution in [0.1, 0.15) is 32.3 Å². The van der Waals surface area contributed by atoms with Crippen LogP contribution in [-0.2, 0) is 6.42 Å². The normalized spacial score (nSPS) is 18.3. The van der Waals surface area contributed by atoms with Crippen molar-refractivity contribution >= 4 is 5.96 Å². The number of nitrogens with one attached hydrogen (secondary N) is 1. The summed E-state index contributed by atoms with van der Waals surface area (Å²) in [5.41, 5.74) is 1.24. The van der Waals surface area contributed by atoms with E-state index in [0.717, 1.165) is 56.0 Å². The van der Waals surface area contributed by atoms with E-state index in [1.807, 2.05) is 6.07 Å². The molecule has 0 atom stereocenters. The first-order chi connectivity index (χ1) is 11.3. The van der Waals surface area contributed by atoms with Crippen LogP contribution in [0.15, 0.2) is 23.2 Å². The van der Waals surface area contributed by atoms with Crippen LogP contribution in [0.2, 0.25) is 0 Å². The summed E-state index contributed by atoms with van der Waals surface area (Å²) in [6, 6.07) is 6.14. The van der Waals surface area contributed by atoms with Crippen molar-refractivity contribution in [1.82, 2.24) is 10.2 Å². The summed E-state index contributed by atoms with van der Waals surface area (Å²) in [6.45, 7) is 8.70. The molecule has 2 aliphatic heterocycles. The highest BCUT2D eigenvalue weighted by Crippen LogP contribution is 2.32. The SMILES string of the molecule is CCNC(=NCCc1ccc2c(c1)OCO2)N1CCC(C)CC1. The van der Waals surface area contributed by atoms with Crippen LogP contribution in [0.5, 0.6) is 11.5 Å². The maximum absolute atomic E-state index is 5.43. The largest absolute Gasteiger partial charge is 0.454 e. The van der Waals surface area contributed by atoms with Gasteiger partial charge in [0.2, 0.25) is 6.79 Å². The van der Waals surface area contributed by atoms with Gasteiger partial charge in [-0.25, -0.2) is 0 Å². The number of aliphatic imine (C=N–C) groups is 1. The van der Waals surface area contributed by atoms with Gasteiger partial charge in [-0.1, -0.05) is 13.0 Å². The third-order valence-electron chi connectivity index (χ3n) is 4.52. The van der Waals surface area contributed by atoms with Crippen molar-refractivity contribution in [1.29, 1.82) is 0 Å². The number of hydrogen-bond donors (Lipinski definition) is 1. The second kappa shape index (κ2) is 7.57. The first kappa shape index (κ1) is 16.0. The molecule has 0 amide bonds. The van der Waals surface area contributed by atoms with Gasteiger partial charge in [0.05, 0.1) is 0 Å². The number of nitrogens with zero attached hydrogens (tertiary/aromatic N) is 2. The van der Waals surface area contributed by atoms with E-state index >= 15 is 0 Å². The molecule has 23 heavy (non-hydrogen) atoms. The van der Waals surface area contributed by atoms with E-state index < -0.39 is 0 Å². The third kappa shape index (κ3) is 4.09. The molecule has 2 heterocycles. The van der Waals surface area contributed by atoms with E-state index in [-0.39, 0.29) is 0 Å². The number of hydrogen-bond acceptors (Lipinski definition) is 3. The van der Waals surface area contributed by atoms with Gasteiger partial charge in [-0.05, 0) is 49.8 Å². The Morgan fingerprint density at radius 3 is 2.83 bits per heavy atom. The first-order valence-corrected chi connectivity index (χ1v) is 8.68. The van der Waals surface area contributed by atoms with E-state index in [1.165, 1.54) is 18.4 Å². The summed E-state index contributed by atoms with van der Waals surface area (Å²) in [7, 11) is 0. The molecular weight excluding hydrogens is 290 g/mol. The van der Waals surface area contributed by atoms with Gasteiger partial charge in [-0.2, -0.15) is 0 Å². The molecule has 0 spiro atoms. The molecule has 1 fully saturated rings. The first-order valence-electron chi connectivity index (χ1n) is 8.68. The minimum Gasteiger partial charge on any atom is -0.454 e. The molecule has 0 aliphatic carbocycles. The summed E-state index contributed by atoms with van der Waals surface area (Å²) in [6.07, 6.45) is 3.43. The average molecular weight is 317 g/mol. The zero-order valence-corrected chi connectivity index (χ0v) is 14.2. The molecule has 0 aromatic heterocycles. The number of likely N-dealkylation sites (tertiary alicyclic amines) is 1. The number of ether oxygens (including phenoxy) is 2. The molecule has 1 aromatic carbocycles. The zero-order chi connectivity index (χ0) is 16.1. The Bertz CT molecular complexity index is 551. The van der Waals surface area contributed by atoms with Gasteiger partial charge < -0.3 is 19.7 Å². The van der Waals surface area contributed by atoms with Gasteiger partial charge in [0.1, 0.15) is 0 Å². The number of guanidine groups is 1. The van der Waals surface area contributed by atoms with Gasteiger partial charge >= 0.3 is 0 Å². The molecule has 1 aromatic rings. The fourth-order valence-corrected chi connectivity index (χ4v) is 3.03. The van der Waals surface area contributed by atoms with Crippen LogP contribution >= 0.6 is 0 Å². The molecule has 126 valence electrons. The summed E-state index contributed by atoms with van der Waals surface area (Å²) in [4.78, 5) is 7.20. The van der Waals surface area contributed by atoms with Crippen molar-refractivity contribution < 1.29 is 9.47 Å². The lowest BCUT2D eigenvalue weighted by Gasteiger charge is -2.33. The molecule has 0 unspecified atom stereocenters. The van der Waals surface area contributed by atoms with Crippen LogP contribution in [0.3, 0.4) is 0 Å². The summed E-state index contributed by atoms with van der Waals surface area (Å²) >= 11 is 0. The summed E-state index contributed by atoms with van der Waals surface area (Å²) in [5, 5.41) is 3.43. The Morgan fingerprint density at radius 1 is 1.26 bits per heavy atom. The highest BCUT2D eigenvalue weighted by molar-refractivity contribution is 5.80. The predicted octanol–water partition coefficient (Wildman–Crippen LogP) is 2.66. The van der Waals surface area contributed by atoms with Crippen molar-refractivity contribution in [2.24, 2.45) is 10.9 Å². The zero-order valence-electron chi connectivity index (χ0n) is 14.2. The van der Waals surface area contributed by atoms with Crippen LogP contribution in [0.4, 0.5) is 0 Å². The number of benzene rings is 1. The van der Waals surface area contributed by atoms with Crippen molar-refractivity contribution in [3.63, 3.8) is 0 Å². The molecule has 5 heteroatoms. The minimum absolute atomic E-state index is 0.328. The van der Waals surface area contributed by atoms with E-state index in [2.05, 4.69) is 36.2 Å². The standard InChI is InChI=1S/C18H27N3O2/c1-3-19-18(21-10-7-14(2)8-11-21)20-9-6-15-4-5-16-17(12-15)23-13-22-16/h4-5,12,14H,3,6-11,13H2,1-2H3,(H,19,20). The van der Waals surface area contributed by atoms with Gasteiger partial charge in [0.25, 0.3) is 0 Å². The molecule has 5 nitrogen and oxygen atoms in total. The molecular formula is C18H27N3O2. The molecule has 3 rings (SSSR count). The highest BCUT2D eigenvalue weighted by Gasteiger charge is 2.18. The molecule has 0 saturated carbocycles. The lowest BCUT2D eigenvalue weighted by molar-refractivity contribution is 0.174. The second-order valence-electron chi connectivity index (χ2n) is 6.34. The van der Waals surface area contributed by atoms with E-state index in [4.69, 9.17) is 14.5 Å². The quantitative estimate of drug-likeness (QED) is 0.685. The van der Waals surface area contributed by atoms with Crippen molar-refractivity contribution in [3.05, 3.63) is 23.8 Å². The van der Waals surface area contributed by atoms with Crippen molar-refractivity contribution in [3.8, 4) is 11.5 Å². The second-order valence-corrected chi connectivity index (χ2v) is 6.34. The van der Waals surface area contributed by atoms with Crippen LogP contribution in [-0.4, -0.2) is 43.8 Å². The average Bonchev–Trinajstić information content (AvgIpc) is 3.02. The van der Waals surface area contributed by atoms with Gasteiger partial charge in [0, 0.05) is 26.2 Å². The Balaban J connectivity index is 1.57.